The van der Waals surface area contributed by atoms with Gasteiger partial charge in [-0.05, 0) is 53.1 Å². The summed E-state index contributed by atoms with van der Waals surface area (Å²) >= 11 is 1.47. The molecular weight excluding hydrogens is 587 g/mol. The lowest BCUT2D eigenvalue weighted by Crippen LogP contribution is -2.47. The predicted octanol–water partition coefficient (Wildman–Crippen LogP) is 7.74. The molecule has 1 amide bonds. The van der Waals surface area contributed by atoms with Gasteiger partial charge in [-0.2, -0.15) is 0 Å². The molecule has 1 N–H and O–H groups in total. The molecule has 0 saturated carbocycles. The second-order valence-corrected chi connectivity index (χ2v) is 18.5. The summed E-state index contributed by atoms with van der Waals surface area (Å²) in [4.78, 5) is 29.3. The fraction of sp³-hybridized carbons (Fsp3) is 0.278. The van der Waals surface area contributed by atoms with E-state index in [4.69, 9.17) is 14.2 Å². The number of ether oxygens (including phenoxy) is 3. The number of hydrogen-bond acceptors (Lipinski definition) is 6. The fourth-order valence-electron chi connectivity index (χ4n) is 4.80. The van der Waals surface area contributed by atoms with Gasteiger partial charge in [0, 0.05) is 13.0 Å². The Morgan fingerprint density at radius 1 is 0.727 bits per heavy atom. The maximum absolute atomic E-state index is 14.3. The third-order valence-electron chi connectivity index (χ3n) is 7.21. The van der Waals surface area contributed by atoms with Crippen LogP contribution in [0.4, 0.5) is 0 Å². The van der Waals surface area contributed by atoms with Gasteiger partial charge in [0.25, 0.3) is 0 Å². The molecule has 0 radical (unpaired) electrons. The van der Waals surface area contributed by atoms with Crippen LogP contribution in [-0.4, -0.2) is 46.8 Å². The average molecular weight is 628 g/mol. The van der Waals surface area contributed by atoms with Crippen molar-refractivity contribution in [3.05, 3.63) is 126 Å². The van der Waals surface area contributed by atoms with Gasteiger partial charge in [-0.25, -0.2) is 4.79 Å². The summed E-state index contributed by atoms with van der Waals surface area (Å²) in [5.41, 5.74) is 2.49. The van der Waals surface area contributed by atoms with Gasteiger partial charge in [0.1, 0.15) is 17.5 Å². The first-order valence-corrected chi connectivity index (χ1v) is 19.3. The number of amides is 1. The molecule has 2 unspecified atom stereocenters. The van der Waals surface area contributed by atoms with E-state index in [0.29, 0.717) is 18.1 Å². The van der Waals surface area contributed by atoms with Crippen molar-refractivity contribution in [1.29, 1.82) is 0 Å². The lowest BCUT2D eigenvalue weighted by molar-refractivity contribution is -0.147. The Morgan fingerprint density at radius 3 is 1.84 bits per heavy atom. The molecule has 44 heavy (non-hydrogen) atoms. The highest BCUT2D eigenvalue weighted by Crippen LogP contribution is 2.41. The highest BCUT2D eigenvalue weighted by molar-refractivity contribution is 7.99. The van der Waals surface area contributed by atoms with Crippen molar-refractivity contribution in [3.63, 3.8) is 0 Å². The number of rotatable bonds is 14. The Balaban J connectivity index is 1.78. The standard InChI is InChI=1S/C36H41NO5SSi/c1-40-29-19-12-18-28(24-29)34(43-31-21-13-20-30(25-31)41-2)33(36(39)42-22-23-44(3,4)5)37-35(38)32(26-14-8-6-9-15-26)27-16-10-7-11-17-27/h6-21,24-25,32-34H,22-23H2,1-5H3,(H,37,38). The largest absolute Gasteiger partial charge is 0.497 e. The first kappa shape index (κ1) is 32.9. The molecule has 0 saturated heterocycles. The van der Waals surface area contributed by atoms with E-state index in [2.05, 4.69) is 25.0 Å². The molecule has 6 nitrogen and oxygen atoms in total. The Kier molecular flexibility index (Phi) is 11.7. The van der Waals surface area contributed by atoms with Gasteiger partial charge in [0.05, 0.1) is 32.0 Å². The van der Waals surface area contributed by atoms with Crippen molar-refractivity contribution in [2.24, 2.45) is 0 Å². The Morgan fingerprint density at radius 2 is 1.27 bits per heavy atom. The van der Waals surface area contributed by atoms with E-state index in [1.807, 2.05) is 109 Å². The summed E-state index contributed by atoms with van der Waals surface area (Å²) in [5, 5.41) is 2.62. The Hall–Kier alpha value is -4.01. The normalized spacial score (nSPS) is 12.7. The number of carbonyl (C=O) groups excluding carboxylic acids is 2. The van der Waals surface area contributed by atoms with Gasteiger partial charge in [0.2, 0.25) is 5.91 Å². The zero-order valence-corrected chi connectivity index (χ0v) is 27.8. The van der Waals surface area contributed by atoms with E-state index >= 15 is 0 Å². The molecule has 0 aromatic heterocycles. The van der Waals surface area contributed by atoms with Crippen LogP contribution in [0.25, 0.3) is 0 Å². The molecule has 0 heterocycles. The van der Waals surface area contributed by atoms with E-state index in [9.17, 15) is 9.59 Å². The van der Waals surface area contributed by atoms with Crippen LogP contribution in [0.15, 0.2) is 114 Å². The molecule has 4 aromatic carbocycles. The lowest BCUT2D eigenvalue weighted by atomic mass is 9.90. The highest BCUT2D eigenvalue weighted by atomic mass is 32.2. The first-order chi connectivity index (χ1) is 21.2. The van der Waals surface area contributed by atoms with Crippen LogP contribution in [0.1, 0.15) is 27.9 Å². The molecule has 0 aliphatic rings. The van der Waals surface area contributed by atoms with Crippen molar-refractivity contribution in [2.45, 2.75) is 47.8 Å². The number of esters is 1. The van der Waals surface area contributed by atoms with E-state index < -0.39 is 31.3 Å². The fourth-order valence-corrected chi connectivity index (χ4v) is 6.74. The molecule has 230 valence electrons. The topological polar surface area (TPSA) is 73.9 Å². The molecule has 0 aliphatic carbocycles. The van der Waals surface area contributed by atoms with Crippen LogP contribution < -0.4 is 14.8 Å². The molecule has 2 atom stereocenters. The number of benzene rings is 4. The SMILES string of the molecule is COc1cccc(SC(c2cccc(OC)c2)C(NC(=O)C(c2ccccc2)c2ccccc2)C(=O)OCC[Si](C)(C)C)c1. The van der Waals surface area contributed by atoms with Crippen LogP contribution in [-0.2, 0) is 14.3 Å². The van der Waals surface area contributed by atoms with E-state index in [1.165, 1.54) is 11.8 Å². The molecular formula is C36H41NO5SSi. The highest BCUT2D eigenvalue weighted by Gasteiger charge is 2.36. The molecule has 8 heteroatoms. The number of carbonyl (C=O) groups is 2. The zero-order valence-electron chi connectivity index (χ0n) is 26.0. The second kappa shape index (κ2) is 15.6. The second-order valence-electron chi connectivity index (χ2n) is 11.7. The van der Waals surface area contributed by atoms with E-state index in [0.717, 1.165) is 27.6 Å². The van der Waals surface area contributed by atoms with Crippen molar-refractivity contribution in [3.8, 4) is 11.5 Å². The minimum atomic E-state index is -1.47. The summed E-state index contributed by atoms with van der Waals surface area (Å²) in [6.07, 6.45) is 0. The van der Waals surface area contributed by atoms with Crippen LogP contribution in [0.3, 0.4) is 0 Å². The van der Waals surface area contributed by atoms with Crippen LogP contribution in [0.2, 0.25) is 25.7 Å². The first-order valence-electron chi connectivity index (χ1n) is 14.7. The average Bonchev–Trinajstić information content (AvgIpc) is 3.03. The molecule has 0 fully saturated rings. The quantitative estimate of drug-likeness (QED) is 0.0876. The molecule has 4 rings (SSSR count). The van der Waals surface area contributed by atoms with E-state index in [1.54, 1.807) is 14.2 Å². The smallest absolute Gasteiger partial charge is 0.330 e. The summed E-state index contributed by atoms with van der Waals surface area (Å²) in [5.74, 6) is -0.0240. The minimum absolute atomic E-state index is 0.284. The molecule has 0 aliphatic heterocycles. The number of thioether (sulfide) groups is 1. The third kappa shape index (κ3) is 9.24. The molecule has 4 aromatic rings. The van der Waals surface area contributed by atoms with Gasteiger partial charge >= 0.3 is 5.97 Å². The maximum atomic E-state index is 14.3. The van der Waals surface area contributed by atoms with Crippen LogP contribution in [0.5, 0.6) is 11.5 Å². The lowest BCUT2D eigenvalue weighted by Gasteiger charge is -2.29. The number of methoxy groups -OCH3 is 2. The van der Waals surface area contributed by atoms with Crippen LogP contribution >= 0.6 is 11.8 Å². The summed E-state index contributed by atoms with van der Waals surface area (Å²) in [6, 6.07) is 34.3. The molecule has 0 bridgehead atoms. The summed E-state index contributed by atoms with van der Waals surface area (Å²) in [6.45, 7) is 7.02. The minimum Gasteiger partial charge on any atom is -0.497 e. The van der Waals surface area contributed by atoms with Crippen molar-refractivity contribution >= 4 is 31.7 Å². The van der Waals surface area contributed by atoms with E-state index in [-0.39, 0.29) is 5.91 Å². The monoisotopic (exact) mass is 627 g/mol. The zero-order chi connectivity index (χ0) is 31.5. The van der Waals surface area contributed by atoms with Gasteiger partial charge in [0.15, 0.2) is 0 Å². The summed E-state index contributed by atoms with van der Waals surface area (Å²) in [7, 11) is 1.76. The van der Waals surface area contributed by atoms with Gasteiger partial charge in [-0.1, -0.05) is 98.5 Å². The van der Waals surface area contributed by atoms with Crippen molar-refractivity contribution in [1.82, 2.24) is 5.32 Å². The maximum Gasteiger partial charge on any atom is 0.330 e. The van der Waals surface area contributed by atoms with Gasteiger partial charge in [-0.15, -0.1) is 11.8 Å². The predicted molar refractivity (Wildman–Crippen MR) is 180 cm³/mol. The number of nitrogens with one attached hydrogen (secondary N) is 1. The summed E-state index contributed by atoms with van der Waals surface area (Å²) < 4.78 is 16.9. The number of hydrogen-bond donors (Lipinski definition) is 1. The van der Waals surface area contributed by atoms with Gasteiger partial charge in [-0.3, -0.25) is 4.79 Å². The van der Waals surface area contributed by atoms with Crippen molar-refractivity contribution in [2.75, 3.05) is 20.8 Å². The Bertz CT molecular complexity index is 1470. The molecule has 0 spiro atoms. The van der Waals surface area contributed by atoms with Crippen molar-refractivity contribution < 1.29 is 23.8 Å². The Labute approximate surface area is 266 Å². The van der Waals surface area contributed by atoms with Gasteiger partial charge < -0.3 is 19.5 Å². The third-order valence-corrected chi connectivity index (χ3v) is 10.2. The van der Waals surface area contributed by atoms with Crippen LogP contribution in [0, 0.1) is 0 Å².